The van der Waals surface area contributed by atoms with E-state index in [1.165, 1.54) is 7.11 Å². The van der Waals surface area contributed by atoms with Crippen LogP contribution in [0.1, 0.15) is 6.42 Å². The second-order valence-corrected chi connectivity index (χ2v) is 3.61. The summed E-state index contributed by atoms with van der Waals surface area (Å²) in [6, 6.07) is -0.196. The Labute approximate surface area is 90.7 Å². The van der Waals surface area contributed by atoms with Gasteiger partial charge in [0.15, 0.2) is 0 Å². The second kappa shape index (κ2) is 6.76. The van der Waals surface area contributed by atoms with Gasteiger partial charge in [-0.15, -0.1) is 0 Å². The molecule has 1 N–H and O–H groups in total. The van der Waals surface area contributed by atoms with Crippen molar-refractivity contribution in [3.05, 3.63) is 0 Å². The lowest BCUT2D eigenvalue weighted by molar-refractivity contribution is -0.143. The molecule has 0 aliphatic carbocycles. The Hall–Kier alpha value is -0.650. The number of carbonyl (C=O) groups is 1. The molecule has 15 heavy (non-hydrogen) atoms. The predicted octanol–water partition coefficient (Wildman–Crippen LogP) is -0.530. The summed E-state index contributed by atoms with van der Waals surface area (Å²) in [5.41, 5.74) is 0. The van der Waals surface area contributed by atoms with Crippen LogP contribution in [0.25, 0.3) is 0 Å². The molecular weight excluding hydrogens is 196 g/mol. The number of hydrogen-bond donors (Lipinski definition) is 1. The van der Waals surface area contributed by atoms with Crippen molar-refractivity contribution < 1.29 is 14.3 Å². The fourth-order valence-electron chi connectivity index (χ4n) is 1.66. The maximum absolute atomic E-state index is 11.3. The number of hydrogen-bond acceptors (Lipinski definition) is 5. The lowest BCUT2D eigenvalue weighted by atomic mass is 10.2. The fourth-order valence-corrected chi connectivity index (χ4v) is 1.66. The van der Waals surface area contributed by atoms with Gasteiger partial charge in [-0.1, -0.05) is 0 Å². The number of methoxy groups -OCH3 is 1. The topological polar surface area (TPSA) is 50.8 Å². The second-order valence-electron chi connectivity index (χ2n) is 3.61. The largest absolute Gasteiger partial charge is 0.468 e. The summed E-state index contributed by atoms with van der Waals surface area (Å²) in [5, 5.41) is 2.96. The molecule has 1 rings (SSSR count). The minimum absolute atomic E-state index is 0.189. The average Bonchev–Trinajstić information content (AvgIpc) is 2.31. The van der Waals surface area contributed by atoms with Gasteiger partial charge in [-0.25, -0.2) is 0 Å². The van der Waals surface area contributed by atoms with E-state index in [1.54, 1.807) is 7.05 Å². The van der Waals surface area contributed by atoms with Crippen molar-refractivity contribution in [1.82, 2.24) is 10.2 Å². The predicted molar refractivity (Wildman–Crippen MR) is 56.7 cm³/mol. The van der Waals surface area contributed by atoms with Crippen LogP contribution < -0.4 is 5.32 Å². The van der Waals surface area contributed by atoms with E-state index in [4.69, 9.17) is 9.47 Å². The highest BCUT2D eigenvalue weighted by Crippen LogP contribution is 2.01. The summed E-state index contributed by atoms with van der Waals surface area (Å²) in [5.74, 6) is -0.189. The Kier molecular flexibility index (Phi) is 5.60. The standard InChI is InChI=1S/C10H20N2O3/c1-11-9(10(13)14-2)3-4-12-5-7-15-8-6-12/h9,11H,3-8H2,1-2H3. The van der Waals surface area contributed by atoms with Gasteiger partial charge in [0.25, 0.3) is 0 Å². The molecule has 0 aromatic heterocycles. The first-order valence-corrected chi connectivity index (χ1v) is 5.33. The Balaban J connectivity index is 2.23. The van der Waals surface area contributed by atoms with Crippen molar-refractivity contribution >= 4 is 5.97 Å². The average molecular weight is 216 g/mol. The van der Waals surface area contributed by atoms with E-state index in [2.05, 4.69) is 10.2 Å². The van der Waals surface area contributed by atoms with Gasteiger partial charge in [-0.3, -0.25) is 9.69 Å². The molecule has 1 aliphatic heterocycles. The zero-order valence-corrected chi connectivity index (χ0v) is 9.49. The highest BCUT2D eigenvalue weighted by molar-refractivity contribution is 5.75. The molecule has 5 heteroatoms. The lowest BCUT2D eigenvalue weighted by Gasteiger charge is -2.27. The number of likely N-dealkylation sites (N-methyl/N-ethyl adjacent to an activating group) is 1. The van der Waals surface area contributed by atoms with Crippen LogP contribution in [0.2, 0.25) is 0 Å². The van der Waals surface area contributed by atoms with Gasteiger partial charge < -0.3 is 14.8 Å². The molecular formula is C10H20N2O3. The molecule has 0 saturated carbocycles. The number of ether oxygens (including phenoxy) is 2. The number of rotatable bonds is 5. The Morgan fingerprint density at radius 2 is 2.20 bits per heavy atom. The monoisotopic (exact) mass is 216 g/mol. The SMILES string of the molecule is CNC(CCN1CCOCC1)C(=O)OC. The summed E-state index contributed by atoms with van der Waals surface area (Å²) < 4.78 is 9.95. The number of nitrogens with zero attached hydrogens (tertiary/aromatic N) is 1. The van der Waals surface area contributed by atoms with E-state index in [0.29, 0.717) is 0 Å². The van der Waals surface area contributed by atoms with E-state index in [-0.39, 0.29) is 12.0 Å². The minimum atomic E-state index is -0.196. The number of carbonyl (C=O) groups excluding carboxylic acids is 1. The normalized spacial score (nSPS) is 19.9. The van der Waals surface area contributed by atoms with Crippen LogP contribution in [0, 0.1) is 0 Å². The molecule has 1 aliphatic rings. The van der Waals surface area contributed by atoms with Crippen LogP contribution in [0.3, 0.4) is 0 Å². The van der Waals surface area contributed by atoms with Gasteiger partial charge in [0.2, 0.25) is 0 Å². The third kappa shape index (κ3) is 4.15. The summed E-state index contributed by atoms with van der Waals surface area (Å²) in [4.78, 5) is 13.6. The van der Waals surface area contributed by atoms with Crippen LogP contribution in [0.4, 0.5) is 0 Å². The van der Waals surface area contributed by atoms with Crippen molar-refractivity contribution in [1.29, 1.82) is 0 Å². The number of nitrogens with one attached hydrogen (secondary N) is 1. The molecule has 1 fully saturated rings. The minimum Gasteiger partial charge on any atom is -0.468 e. The fraction of sp³-hybridized carbons (Fsp3) is 0.900. The number of morpholine rings is 1. The summed E-state index contributed by atoms with van der Waals surface area (Å²) >= 11 is 0. The Bertz CT molecular complexity index is 193. The molecule has 0 spiro atoms. The molecule has 0 radical (unpaired) electrons. The van der Waals surface area contributed by atoms with Crippen molar-refractivity contribution in [3.8, 4) is 0 Å². The quantitative estimate of drug-likeness (QED) is 0.626. The van der Waals surface area contributed by atoms with Crippen LogP contribution >= 0.6 is 0 Å². The van der Waals surface area contributed by atoms with E-state index in [0.717, 1.165) is 39.3 Å². The first-order chi connectivity index (χ1) is 7.27. The molecule has 0 aromatic carbocycles. The van der Waals surface area contributed by atoms with Crippen LogP contribution in [-0.2, 0) is 14.3 Å². The van der Waals surface area contributed by atoms with Gasteiger partial charge in [0, 0.05) is 19.6 Å². The van der Waals surface area contributed by atoms with Crippen LogP contribution in [-0.4, -0.2) is 63.9 Å². The van der Waals surface area contributed by atoms with Gasteiger partial charge in [-0.05, 0) is 13.5 Å². The van der Waals surface area contributed by atoms with Gasteiger partial charge in [0.1, 0.15) is 6.04 Å². The van der Waals surface area contributed by atoms with E-state index in [9.17, 15) is 4.79 Å². The smallest absolute Gasteiger partial charge is 0.322 e. The lowest BCUT2D eigenvalue weighted by Crippen LogP contribution is -2.42. The Morgan fingerprint density at radius 1 is 1.53 bits per heavy atom. The maximum Gasteiger partial charge on any atom is 0.322 e. The summed E-state index contributed by atoms with van der Waals surface area (Å²) in [7, 11) is 3.20. The molecule has 1 atom stereocenters. The molecule has 88 valence electrons. The van der Waals surface area contributed by atoms with E-state index < -0.39 is 0 Å². The van der Waals surface area contributed by atoms with Gasteiger partial charge in [0.05, 0.1) is 20.3 Å². The van der Waals surface area contributed by atoms with E-state index in [1.807, 2.05) is 0 Å². The number of esters is 1. The molecule has 1 unspecified atom stereocenters. The maximum atomic E-state index is 11.3. The molecule has 0 aromatic rings. The molecule has 1 heterocycles. The van der Waals surface area contributed by atoms with Gasteiger partial charge in [-0.2, -0.15) is 0 Å². The van der Waals surface area contributed by atoms with Gasteiger partial charge >= 0.3 is 5.97 Å². The zero-order chi connectivity index (χ0) is 11.1. The van der Waals surface area contributed by atoms with Crippen molar-refractivity contribution in [2.45, 2.75) is 12.5 Å². The van der Waals surface area contributed by atoms with Crippen molar-refractivity contribution in [2.75, 3.05) is 47.0 Å². The zero-order valence-electron chi connectivity index (χ0n) is 9.49. The van der Waals surface area contributed by atoms with Crippen molar-refractivity contribution in [3.63, 3.8) is 0 Å². The first kappa shape index (κ1) is 12.4. The molecule has 0 amide bonds. The highest BCUT2D eigenvalue weighted by atomic mass is 16.5. The summed E-state index contributed by atoms with van der Waals surface area (Å²) in [6.07, 6.45) is 0.781. The third-order valence-electron chi connectivity index (χ3n) is 2.67. The highest BCUT2D eigenvalue weighted by Gasteiger charge is 2.18. The van der Waals surface area contributed by atoms with Crippen molar-refractivity contribution in [2.24, 2.45) is 0 Å². The van der Waals surface area contributed by atoms with Crippen LogP contribution in [0.15, 0.2) is 0 Å². The Morgan fingerprint density at radius 3 is 2.73 bits per heavy atom. The summed E-state index contributed by atoms with van der Waals surface area (Å²) in [6.45, 7) is 4.41. The van der Waals surface area contributed by atoms with E-state index >= 15 is 0 Å². The molecule has 5 nitrogen and oxygen atoms in total. The third-order valence-corrected chi connectivity index (χ3v) is 2.67. The first-order valence-electron chi connectivity index (χ1n) is 5.33. The molecule has 1 saturated heterocycles. The van der Waals surface area contributed by atoms with Crippen LogP contribution in [0.5, 0.6) is 0 Å². The molecule has 0 bridgehead atoms.